The lowest BCUT2D eigenvalue weighted by atomic mass is 9.76. The minimum absolute atomic E-state index is 0.0788. The Balaban J connectivity index is 1.75. The fraction of sp³-hybridized carbons (Fsp3) is 0.850. The van der Waals surface area contributed by atoms with E-state index in [9.17, 15) is 15.0 Å². The third-order valence-corrected chi connectivity index (χ3v) is 5.59. The van der Waals surface area contributed by atoms with Crippen LogP contribution in [0.5, 0.6) is 0 Å². The van der Waals surface area contributed by atoms with E-state index in [0.717, 1.165) is 31.6 Å². The van der Waals surface area contributed by atoms with Gasteiger partial charge in [-0.2, -0.15) is 0 Å². The molecule has 0 amide bonds. The summed E-state index contributed by atoms with van der Waals surface area (Å²) in [5.41, 5.74) is -0.950. The fourth-order valence-electron chi connectivity index (χ4n) is 4.28. The van der Waals surface area contributed by atoms with Gasteiger partial charge in [-0.15, -0.1) is 0 Å². The molecule has 0 aromatic carbocycles. The number of ether oxygens (including phenoxy) is 1. The third kappa shape index (κ3) is 6.56. The van der Waals surface area contributed by atoms with E-state index in [2.05, 4.69) is 6.08 Å². The molecule has 0 bridgehead atoms. The maximum absolute atomic E-state index is 11.7. The molecule has 0 aromatic heterocycles. The zero-order valence-electron chi connectivity index (χ0n) is 15.1. The summed E-state index contributed by atoms with van der Waals surface area (Å²) in [5, 5.41) is 20.8. The van der Waals surface area contributed by atoms with Gasteiger partial charge in [0, 0.05) is 0 Å². The summed E-state index contributed by atoms with van der Waals surface area (Å²) >= 11 is 0. The van der Waals surface area contributed by atoms with Crippen molar-refractivity contribution >= 4 is 5.97 Å². The molecule has 4 heteroatoms. The summed E-state index contributed by atoms with van der Waals surface area (Å²) in [7, 11) is 0. The average molecular weight is 338 g/mol. The average Bonchev–Trinajstić information content (AvgIpc) is 3.04. The topological polar surface area (TPSA) is 66.8 Å². The second-order valence-corrected chi connectivity index (χ2v) is 7.74. The number of aliphatic hydroxyl groups excluding tert-OH is 1. The number of hydrogen-bond donors (Lipinski definition) is 2. The monoisotopic (exact) mass is 338 g/mol. The standard InChI is InChI=1S/C20H34O4/c1-2-24-19(22)15-20(23)13-5-8-17(14-20)10-12-18(21)11-9-16-6-3-4-7-16/h10,12,16-18,21,23H,2-9,11,13-15H2,1H3. The number of rotatable bonds is 8. The molecule has 2 fully saturated rings. The highest BCUT2D eigenvalue weighted by molar-refractivity contribution is 5.70. The quantitative estimate of drug-likeness (QED) is 0.522. The van der Waals surface area contributed by atoms with Crippen molar-refractivity contribution in [1.82, 2.24) is 0 Å². The number of hydrogen-bond acceptors (Lipinski definition) is 4. The van der Waals surface area contributed by atoms with Crippen molar-refractivity contribution in [3.63, 3.8) is 0 Å². The van der Waals surface area contributed by atoms with Crippen LogP contribution in [0.4, 0.5) is 0 Å². The molecule has 0 heterocycles. The first-order chi connectivity index (χ1) is 11.5. The first-order valence-corrected chi connectivity index (χ1v) is 9.75. The number of allylic oxidation sites excluding steroid dienone is 1. The first kappa shape index (κ1) is 19.5. The molecule has 2 rings (SSSR count). The van der Waals surface area contributed by atoms with Gasteiger partial charge in [-0.1, -0.05) is 37.8 Å². The molecule has 2 aliphatic rings. The Kier molecular flexibility index (Phi) is 7.76. The second-order valence-electron chi connectivity index (χ2n) is 7.74. The Labute approximate surface area is 146 Å². The van der Waals surface area contributed by atoms with Crippen LogP contribution in [0.3, 0.4) is 0 Å². The van der Waals surface area contributed by atoms with Gasteiger partial charge in [0.05, 0.1) is 24.7 Å². The Hall–Kier alpha value is -0.870. The van der Waals surface area contributed by atoms with Gasteiger partial charge in [0.1, 0.15) is 0 Å². The maximum atomic E-state index is 11.7. The summed E-state index contributed by atoms with van der Waals surface area (Å²) in [6, 6.07) is 0. The van der Waals surface area contributed by atoms with Gasteiger partial charge in [-0.25, -0.2) is 0 Å². The van der Waals surface area contributed by atoms with Gasteiger partial charge < -0.3 is 14.9 Å². The Bertz CT molecular complexity index is 414. The molecule has 0 aliphatic heterocycles. The molecule has 138 valence electrons. The number of esters is 1. The summed E-state index contributed by atoms with van der Waals surface area (Å²) in [6.07, 6.45) is 14.1. The van der Waals surface area contributed by atoms with E-state index in [4.69, 9.17) is 4.74 Å². The Morgan fingerprint density at radius 3 is 2.75 bits per heavy atom. The summed E-state index contributed by atoms with van der Waals surface area (Å²) in [4.78, 5) is 11.7. The van der Waals surface area contributed by atoms with Crippen LogP contribution in [0, 0.1) is 11.8 Å². The van der Waals surface area contributed by atoms with E-state index in [-0.39, 0.29) is 24.4 Å². The lowest BCUT2D eigenvalue weighted by molar-refractivity contribution is -0.150. The largest absolute Gasteiger partial charge is 0.466 e. The molecule has 24 heavy (non-hydrogen) atoms. The van der Waals surface area contributed by atoms with E-state index in [0.29, 0.717) is 19.4 Å². The van der Waals surface area contributed by atoms with Crippen LogP contribution >= 0.6 is 0 Å². The van der Waals surface area contributed by atoms with Gasteiger partial charge in [-0.3, -0.25) is 4.79 Å². The zero-order valence-corrected chi connectivity index (χ0v) is 15.1. The molecule has 0 aromatic rings. The van der Waals surface area contributed by atoms with Crippen molar-refractivity contribution < 1.29 is 19.7 Å². The Morgan fingerprint density at radius 1 is 1.29 bits per heavy atom. The molecule has 0 spiro atoms. The molecule has 3 atom stereocenters. The lowest BCUT2D eigenvalue weighted by Gasteiger charge is -2.35. The molecule has 2 saturated carbocycles. The van der Waals surface area contributed by atoms with Crippen molar-refractivity contribution in [3.8, 4) is 0 Å². The molecular weight excluding hydrogens is 304 g/mol. The van der Waals surface area contributed by atoms with Crippen LogP contribution in [0.25, 0.3) is 0 Å². The van der Waals surface area contributed by atoms with Crippen LogP contribution in [0.1, 0.15) is 77.6 Å². The van der Waals surface area contributed by atoms with Crippen molar-refractivity contribution in [1.29, 1.82) is 0 Å². The second kappa shape index (κ2) is 9.57. The van der Waals surface area contributed by atoms with Gasteiger partial charge in [0.25, 0.3) is 0 Å². The summed E-state index contributed by atoms with van der Waals surface area (Å²) < 4.78 is 4.97. The fourth-order valence-corrected chi connectivity index (χ4v) is 4.28. The van der Waals surface area contributed by atoms with Crippen molar-refractivity contribution in [3.05, 3.63) is 12.2 Å². The minimum Gasteiger partial charge on any atom is -0.466 e. The van der Waals surface area contributed by atoms with E-state index in [1.54, 1.807) is 6.92 Å². The highest BCUT2D eigenvalue weighted by Crippen LogP contribution is 2.36. The van der Waals surface area contributed by atoms with E-state index >= 15 is 0 Å². The molecule has 0 saturated heterocycles. The van der Waals surface area contributed by atoms with Crippen molar-refractivity contribution in [2.75, 3.05) is 6.61 Å². The number of carbonyl (C=O) groups is 1. The molecule has 4 nitrogen and oxygen atoms in total. The Morgan fingerprint density at radius 2 is 2.04 bits per heavy atom. The third-order valence-electron chi connectivity index (χ3n) is 5.59. The summed E-state index contributed by atoms with van der Waals surface area (Å²) in [6.45, 7) is 2.13. The molecule has 0 radical (unpaired) electrons. The van der Waals surface area contributed by atoms with Gasteiger partial charge in [0.2, 0.25) is 0 Å². The van der Waals surface area contributed by atoms with Crippen molar-refractivity contribution in [2.24, 2.45) is 11.8 Å². The zero-order chi connectivity index (χ0) is 17.4. The van der Waals surface area contributed by atoms with E-state index < -0.39 is 5.60 Å². The van der Waals surface area contributed by atoms with Gasteiger partial charge in [0.15, 0.2) is 0 Å². The van der Waals surface area contributed by atoms with Crippen LogP contribution < -0.4 is 0 Å². The first-order valence-electron chi connectivity index (χ1n) is 9.75. The molecular formula is C20H34O4. The lowest BCUT2D eigenvalue weighted by Crippen LogP contribution is -2.37. The predicted molar refractivity (Wildman–Crippen MR) is 94.5 cm³/mol. The van der Waals surface area contributed by atoms with Gasteiger partial charge in [-0.05, 0) is 57.3 Å². The highest BCUT2D eigenvalue weighted by atomic mass is 16.5. The predicted octanol–water partition coefficient (Wildman–Crippen LogP) is 3.75. The van der Waals surface area contributed by atoms with Gasteiger partial charge >= 0.3 is 5.97 Å². The van der Waals surface area contributed by atoms with E-state index in [1.807, 2.05) is 6.08 Å². The smallest absolute Gasteiger partial charge is 0.308 e. The van der Waals surface area contributed by atoms with Crippen molar-refractivity contribution in [2.45, 2.75) is 89.3 Å². The maximum Gasteiger partial charge on any atom is 0.308 e. The minimum atomic E-state index is -0.950. The normalized spacial score (nSPS) is 29.9. The van der Waals surface area contributed by atoms with E-state index in [1.165, 1.54) is 25.7 Å². The number of carbonyl (C=O) groups excluding carboxylic acids is 1. The number of aliphatic hydroxyl groups is 2. The SMILES string of the molecule is CCOC(=O)CC1(O)CCCC(C=CC(O)CCC2CCCC2)C1. The van der Waals surface area contributed by atoms with Crippen LogP contribution in [-0.2, 0) is 9.53 Å². The van der Waals surface area contributed by atoms with Crippen LogP contribution in [-0.4, -0.2) is 34.5 Å². The summed E-state index contributed by atoms with van der Waals surface area (Å²) in [5.74, 6) is 0.720. The molecule has 3 unspecified atom stereocenters. The molecule has 2 N–H and O–H groups in total. The highest BCUT2D eigenvalue weighted by Gasteiger charge is 2.36. The van der Waals surface area contributed by atoms with Crippen LogP contribution in [0.2, 0.25) is 0 Å². The van der Waals surface area contributed by atoms with Crippen LogP contribution in [0.15, 0.2) is 12.2 Å². The molecule has 2 aliphatic carbocycles.